The van der Waals surface area contributed by atoms with Gasteiger partial charge in [0, 0.05) is 6.42 Å². The molecular weight excluding hydrogens is 454 g/mol. The second-order valence-electron chi connectivity index (χ2n) is 8.71. The van der Waals surface area contributed by atoms with E-state index in [1.54, 1.807) is 45.0 Å². The van der Waals surface area contributed by atoms with E-state index < -0.39 is 48.6 Å². The van der Waals surface area contributed by atoms with Crippen LogP contribution in [0.2, 0.25) is 0 Å². The summed E-state index contributed by atoms with van der Waals surface area (Å²) in [5, 5.41) is 15.7. The molecule has 0 fully saturated rings. The van der Waals surface area contributed by atoms with Gasteiger partial charge in [-0.25, -0.2) is 4.79 Å². The zero-order valence-electron chi connectivity index (χ0n) is 20.0. The third-order valence-electron chi connectivity index (χ3n) is 4.48. The van der Waals surface area contributed by atoms with Crippen LogP contribution in [-0.4, -0.2) is 53.7 Å². The van der Waals surface area contributed by atoms with Crippen molar-refractivity contribution in [3.8, 4) is 5.75 Å². The largest absolute Gasteiger partial charge is 0.489 e. The summed E-state index contributed by atoms with van der Waals surface area (Å²) in [4.78, 5) is 47.3. The van der Waals surface area contributed by atoms with E-state index >= 15 is 0 Å². The zero-order chi connectivity index (χ0) is 25.8. The van der Waals surface area contributed by atoms with Gasteiger partial charge in [-0.3, -0.25) is 14.4 Å². The highest BCUT2D eigenvalue weighted by atomic mass is 16.6. The van der Waals surface area contributed by atoms with Gasteiger partial charge >= 0.3 is 12.1 Å². The highest BCUT2D eigenvalue weighted by Crippen LogP contribution is 2.16. The molecule has 0 unspecified atom stereocenters. The van der Waals surface area contributed by atoms with Gasteiger partial charge in [0.15, 0.2) is 0 Å². The van der Waals surface area contributed by atoms with Crippen LogP contribution in [0.3, 0.4) is 0 Å². The first-order valence-corrected chi connectivity index (χ1v) is 11.0. The Kier molecular flexibility index (Phi) is 10.1. The van der Waals surface area contributed by atoms with Gasteiger partial charge in [-0.15, -0.1) is 0 Å². The Labute approximate surface area is 204 Å². The number of hydrogen-bond donors (Lipinski definition) is 4. The van der Waals surface area contributed by atoms with Crippen molar-refractivity contribution in [3.63, 3.8) is 0 Å². The maximum Gasteiger partial charge on any atom is 0.408 e. The second kappa shape index (κ2) is 13.0. The number of rotatable bonds is 11. The van der Waals surface area contributed by atoms with E-state index in [-0.39, 0.29) is 6.42 Å². The van der Waals surface area contributed by atoms with Crippen molar-refractivity contribution in [1.29, 1.82) is 0 Å². The fourth-order valence-electron chi connectivity index (χ4n) is 2.88. The van der Waals surface area contributed by atoms with Crippen LogP contribution < -0.4 is 20.7 Å². The summed E-state index contributed by atoms with van der Waals surface area (Å²) in [6.07, 6.45) is -0.656. The molecule has 0 aromatic heterocycles. The lowest BCUT2D eigenvalue weighted by atomic mass is 10.1. The van der Waals surface area contributed by atoms with Gasteiger partial charge in [0.05, 0.1) is 6.54 Å². The monoisotopic (exact) mass is 485 g/mol. The summed E-state index contributed by atoms with van der Waals surface area (Å²) in [5.74, 6) is -1.85. The Bertz CT molecular complexity index is 1000. The summed E-state index contributed by atoms with van der Waals surface area (Å²) >= 11 is 0. The van der Waals surface area contributed by atoms with E-state index in [2.05, 4.69) is 16.0 Å². The number of carbonyl (C=O) groups excluding carboxylic acids is 3. The maximum absolute atomic E-state index is 12.7. The molecule has 0 heterocycles. The summed E-state index contributed by atoms with van der Waals surface area (Å²) in [5.41, 5.74) is 1.00. The van der Waals surface area contributed by atoms with E-state index in [9.17, 15) is 19.2 Å². The number of hydrogen-bond acceptors (Lipinski definition) is 6. The molecule has 2 aromatic carbocycles. The Morgan fingerprint density at radius 3 is 2.14 bits per heavy atom. The molecule has 0 saturated carbocycles. The number of carbonyl (C=O) groups is 4. The molecule has 2 aromatic rings. The van der Waals surface area contributed by atoms with Gasteiger partial charge in [-0.2, -0.15) is 0 Å². The lowest BCUT2D eigenvalue weighted by Gasteiger charge is -2.23. The van der Waals surface area contributed by atoms with E-state index in [1.807, 2.05) is 30.3 Å². The molecule has 0 spiro atoms. The fourth-order valence-corrected chi connectivity index (χ4v) is 2.88. The normalized spacial score (nSPS) is 11.6. The molecule has 0 bridgehead atoms. The standard InChI is InChI=1S/C25H31N3O7/c1-25(2,3)35-24(33)28-20(23(32)27-14-21(29)26-15-22(30)31)13-17-9-11-19(12-10-17)34-16-18-7-5-4-6-8-18/h4-12,20H,13-16H2,1-3H3,(H,26,29)(H,27,32)(H,28,33)(H,30,31)/t20-/m0/s1. The van der Waals surface area contributed by atoms with E-state index in [0.717, 1.165) is 11.1 Å². The van der Waals surface area contributed by atoms with E-state index in [0.29, 0.717) is 12.4 Å². The predicted molar refractivity (Wildman–Crippen MR) is 128 cm³/mol. The topological polar surface area (TPSA) is 143 Å². The van der Waals surface area contributed by atoms with Crippen molar-refractivity contribution < 1.29 is 33.8 Å². The smallest absolute Gasteiger partial charge is 0.408 e. The van der Waals surface area contributed by atoms with Crippen LogP contribution in [0.4, 0.5) is 4.79 Å². The third-order valence-corrected chi connectivity index (χ3v) is 4.48. The molecule has 10 heteroatoms. The molecular formula is C25H31N3O7. The number of carboxylic acids is 1. The molecule has 10 nitrogen and oxygen atoms in total. The van der Waals surface area contributed by atoms with Gasteiger partial charge in [-0.1, -0.05) is 42.5 Å². The first kappa shape index (κ1) is 27.2. The van der Waals surface area contributed by atoms with Gasteiger partial charge in [0.25, 0.3) is 0 Å². The molecule has 0 aliphatic heterocycles. The van der Waals surface area contributed by atoms with Crippen LogP contribution in [0.15, 0.2) is 54.6 Å². The van der Waals surface area contributed by atoms with Crippen LogP contribution >= 0.6 is 0 Å². The summed E-state index contributed by atoms with van der Waals surface area (Å²) < 4.78 is 11.0. The summed E-state index contributed by atoms with van der Waals surface area (Å²) in [6, 6.07) is 15.8. The number of nitrogens with one attached hydrogen (secondary N) is 3. The van der Waals surface area contributed by atoms with Crippen LogP contribution in [0, 0.1) is 0 Å². The number of ether oxygens (including phenoxy) is 2. The van der Waals surface area contributed by atoms with Gasteiger partial charge in [0.1, 0.15) is 30.5 Å². The summed E-state index contributed by atoms with van der Waals surface area (Å²) in [7, 11) is 0. The lowest BCUT2D eigenvalue weighted by molar-refractivity contribution is -0.137. The number of carboxylic acid groups (broad SMARTS) is 1. The van der Waals surface area contributed by atoms with Crippen molar-refractivity contribution in [2.75, 3.05) is 13.1 Å². The molecule has 35 heavy (non-hydrogen) atoms. The fraction of sp³-hybridized carbons (Fsp3) is 0.360. The van der Waals surface area contributed by atoms with E-state index in [4.69, 9.17) is 14.6 Å². The van der Waals surface area contributed by atoms with Crippen LogP contribution in [0.25, 0.3) is 0 Å². The first-order chi connectivity index (χ1) is 16.5. The average molecular weight is 486 g/mol. The Morgan fingerprint density at radius 1 is 0.886 bits per heavy atom. The van der Waals surface area contributed by atoms with Crippen molar-refractivity contribution in [2.24, 2.45) is 0 Å². The predicted octanol–water partition coefficient (Wildman–Crippen LogP) is 2.02. The van der Waals surface area contributed by atoms with Gasteiger partial charge < -0.3 is 30.5 Å². The minimum absolute atomic E-state index is 0.126. The molecule has 0 radical (unpaired) electrons. The molecule has 0 aliphatic rings. The SMILES string of the molecule is CC(C)(C)OC(=O)N[C@@H](Cc1ccc(OCc2ccccc2)cc1)C(=O)NCC(=O)NCC(=O)O. The quantitative estimate of drug-likeness (QED) is 0.381. The highest BCUT2D eigenvalue weighted by molar-refractivity contribution is 5.90. The Hall–Kier alpha value is -4.08. The minimum Gasteiger partial charge on any atom is -0.489 e. The Balaban J connectivity index is 2.00. The summed E-state index contributed by atoms with van der Waals surface area (Å²) in [6.45, 7) is 4.50. The zero-order valence-corrected chi connectivity index (χ0v) is 20.0. The number of amides is 3. The van der Waals surface area contributed by atoms with Crippen LogP contribution in [0.5, 0.6) is 5.75 Å². The van der Waals surface area contributed by atoms with Crippen molar-refractivity contribution in [1.82, 2.24) is 16.0 Å². The molecule has 4 N–H and O–H groups in total. The molecule has 1 atom stereocenters. The van der Waals surface area contributed by atoms with E-state index in [1.165, 1.54) is 0 Å². The average Bonchev–Trinajstić information content (AvgIpc) is 2.79. The second-order valence-corrected chi connectivity index (χ2v) is 8.71. The highest BCUT2D eigenvalue weighted by Gasteiger charge is 2.25. The molecule has 3 amide bonds. The Morgan fingerprint density at radius 2 is 1.54 bits per heavy atom. The van der Waals surface area contributed by atoms with Crippen molar-refractivity contribution in [3.05, 3.63) is 65.7 Å². The van der Waals surface area contributed by atoms with Gasteiger partial charge in [-0.05, 0) is 44.0 Å². The number of aliphatic carboxylic acids is 1. The third kappa shape index (κ3) is 11.1. The number of benzene rings is 2. The number of alkyl carbamates (subject to hydrolysis) is 1. The maximum atomic E-state index is 12.7. The first-order valence-electron chi connectivity index (χ1n) is 11.0. The van der Waals surface area contributed by atoms with Gasteiger partial charge in [0.2, 0.25) is 11.8 Å². The van der Waals surface area contributed by atoms with Crippen LogP contribution in [-0.2, 0) is 32.1 Å². The lowest BCUT2D eigenvalue weighted by Crippen LogP contribution is -2.51. The van der Waals surface area contributed by atoms with Crippen LogP contribution in [0.1, 0.15) is 31.9 Å². The minimum atomic E-state index is -1.20. The van der Waals surface area contributed by atoms with Crippen molar-refractivity contribution >= 4 is 23.9 Å². The van der Waals surface area contributed by atoms with Crippen molar-refractivity contribution in [2.45, 2.75) is 45.4 Å². The molecule has 0 aliphatic carbocycles. The molecule has 188 valence electrons. The molecule has 2 rings (SSSR count). The molecule has 0 saturated heterocycles.